The maximum atomic E-state index is 12.5. The highest BCUT2D eigenvalue weighted by Crippen LogP contribution is 2.26. The van der Waals surface area contributed by atoms with Crippen LogP contribution in [0.3, 0.4) is 0 Å². The monoisotopic (exact) mass is 358 g/mol. The Bertz CT molecular complexity index is 890. The average Bonchev–Trinajstić information content (AvgIpc) is 3.26. The van der Waals surface area contributed by atoms with Crippen LogP contribution in [0, 0.1) is 0 Å². The molecule has 1 fully saturated rings. The number of anilines is 1. The summed E-state index contributed by atoms with van der Waals surface area (Å²) in [5, 5.41) is 20.2. The molecule has 1 aliphatic heterocycles. The van der Waals surface area contributed by atoms with Crippen LogP contribution in [0.5, 0.6) is 0 Å². The van der Waals surface area contributed by atoms with Gasteiger partial charge in [-0.3, -0.25) is 4.40 Å². The lowest BCUT2D eigenvalue weighted by atomic mass is 9.97. The van der Waals surface area contributed by atoms with Crippen molar-refractivity contribution >= 4 is 28.1 Å². The fraction of sp³-hybridized carbons (Fsp3) is 0.400. The molecule has 1 saturated heterocycles. The second-order valence-corrected chi connectivity index (χ2v) is 7.06. The molecule has 4 rings (SSSR count). The van der Waals surface area contributed by atoms with Gasteiger partial charge in [-0.25, -0.2) is 4.79 Å². The molecule has 1 unspecified atom stereocenters. The Balaban J connectivity index is 1.42. The normalized spacial score (nSPS) is 17.8. The van der Waals surface area contributed by atoms with E-state index in [1.807, 2.05) is 33.7 Å². The fourth-order valence-corrected chi connectivity index (χ4v) is 3.66. The predicted molar refractivity (Wildman–Crippen MR) is 93.1 cm³/mol. The third-order valence-electron chi connectivity index (χ3n) is 4.29. The van der Waals surface area contributed by atoms with Gasteiger partial charge in [0, 0.05) is 25.2 Å². The summed E-state index contributed by atoms with van der Waals surface area (Å²) < 4.78 is 2.00. The van der Waals surface area contributed by atoms with Gasteiger partial charge in [0.2, 0.25) is 5.13 Å². The molecule has 3 aromatic rings. The second-order valence-electron chi connectivity index (χ2n) is 5.96. The van der Waals surface area contributed by atoms with Crippen molar-refractivity contribution in [3.05, 3.63) is 35.2 Å². The SMILES string of the molecule is Nc1nnc(CNC(=O)N2CCCC(c3nnc4ccccn34)C2)s1. The number of fused-ring (bicyclic) bond motifs is 1. The third kappa shape index (κ3) is 3.25. The van der Waals surface area contributed by atoms with E-state index in [0.29, 0.717) is 23.2 Å². The first-order chi connectivity index (χ1) is 12.2. The van der Waals surface area contributed by atoms with Crippen LogP contribution in [0.15, 0.2) is 24.4 Å². The van der Waals surface area contributed by atoms with Crippen LogP contribution < -0.4 is 11.1 Å². The van der Waals surface area contributed by atoms with Gasteiger partial charge < -0.3 is 16.0 Å². The summed E-state index contributed by atoms with van der Waals surface area (Å²) in [5.74, 6) is 1.08. The number of carbonyl (C=O) groups is 1. The molecule has 1 aliphatic rings. The van der Waals surface area contributed by atoms with Crippen molar-refractivity contribution in [2.45, 2.75) is 25.3 Å². The summed E-state index contributed by atoms with van der Waals surface area (Å²) in [6.07, 6.45) is 3.89. The number of rotatable bonds is 3. The maximum Gasteiger partial charge on any atom is 0.317 e. The summed E-state index contributed by atoms with van der Waals surface area (Å²) in [6.45, 7) is 1.69. The standard InChI is InChI=1S/C15H18N8OS/c16-14-21-19-12(25-14)8-17-15(24)22-6-3-4-10(9-22)13-20-18-11-5-1-2-7-23(11)13/h1-2,5,7,10H,3-4,6,8-9H2,(H2,16,21)(H,17,24). The van der Waals surface area contributed by atoms with Crippen LogP contribution in [0.4, 0.5) is 9.93 Å². The molecule has 4 heterocycles. The molecule has 0 saturated carbocycles. The highest BCUT2D eigenvalue weighted by Gasteiger charge is 2.27. The molecule has 0 radical (unpaired) electrons. The lowest BCUT2D eigenvalue weighted by molar-refractivity contribution is 0.177. The zero-order valence-corrected chi connectivity index (χ0v) is 14.3. The Hall–Kier alpha value is -2.75. The highest BCUT2D eigenvalue weighted by molar-refractivity contribution is 7.15. The van der Waals surface area contributed by atoms with Gasteiger partial charge >= 0.3 is 6.03 Å². The average molecular weight is 358 g/mol. The topological polar surface area (TPSA) is 114 Å². The number of nitrogens with two attached hydrogens (primary N) is 1. The Morgan fingerprint density at radius 3 is 3.08 bits per heavy atom. The van der Waals surface area contributed by atoms with E-state index in [-0.39, 0.29) is 11.9 Å². The summed E-state index contributed by atoms with van der Waals surface area (Å²) in [6, 6.07) is 5.72. The number of hydrogen-bond acceptors (Lipinski definition) is 7. The van der Waals surface area contributed by atoms with Gasteiger partial charge in [-0.15, -0.1) is 20.4 Å². The number of nitrogens with one attached hydrogen (secondary N) is 1. The summed E-state index contributed by atoms with van der Waals surface area (Å²) in [5.41, 5.74) is 6.38. The van der Waals surface area contributed by atoms with Crippen LogP contribution in [-0.2, 0) is 6.54 Å². The molecule has 0 spiro atoms. The zero-order chi connectivity index (χ0) is 17.2. The van der Waals surface area contributed by atoms with Crippen molar-refractivity contribution < 1.29 is 4.79 Å². The molecule has 3 aromatic heterocycles. The summed E-state index contributed by atoms with van der Waals surface area (Å²) >= 11 is 1.28. The van der Waals surface area contributed by atoms with Crippen molar-refractivity contribution in [1.82, 2.24) is 35.0 Å². The minimum atomic E-state index is -0.104. The van der Waals surface area contributed by atoms with Gasteiger partial charge in [-0.1, -0.05) is 17.4 Å². The second kappa shape index (κ2) is 6.63. The molecular formula is C15H18N8OS. The Morgan fingerprint density at radius 1 is 1.32 bits per heavy atom. The number of hydrogen-bond donors (Lipinski definition) is 2. The van der Waals surface area contributed by atoms with Crippen molar-refractivity contribution in [2.24, 2.45) is 0 Å². The van der Waals surface area contributed by atoms with E-state index in [9.17, 15) is 4.79 Å². The first-order valence-electron chi connectivity index (χ1n) is 8.11. The summed E-state index contributed by atoms with van der Waals surface area (Å²) in [4.78, 5) is 14.3. The smallest absolute Gasteiger partial charge is 0.317 e. The van der Waals surface area contributed by atoms with Gasteiger partial charge in [-0.2, -0.15) is 0 Å². The van der Waals surface area contributed by atoms with Crippen molar-refractivity contribution in [2.75, 3.05) is 18.8 Å². The van der Waals surface area contributed by atoms with E-state index in [1.54, 1.807) is 0 Å². The molecule has 25 heavy (non-hydrogen) atoms. The van der Waals surface area contributed by atoms with Gasteiger partial charge in [0.25, 0.3) is 0 Å². The minimum absolute atomic E-state index is 0.104. The molecule has 1 atom stereocenters. The van der Waals surface area contributed by atoms with Crippen LogP contribution in [0.1, 0.15) is 29.6 Å². The van der Waals surface area contributed by atoms with E-state index in [1.165, 1.54) is 11.3 Å². The molecule has 9 nitrogen and oxygen atoms in total. The molecule has 10 heteroatoms. The number of nitrogen functional groups attached to an aromatic ring is 1. The Morgan fingerprint density at radius 2 is 2.24 bits per heavy atom. The van der Waals surface area contributed by atoms with E-state index in [4.69, 9.17) is 5.73 Å². The number of pyridine rings is 1. The molecule has 2 amide bonds. The van der Waals surface area contributed by atoms with Crippen LogP contribution in [0.25, 0.3) is 5.65 Å². The molecule has 130 valence electrons. The number of amides is 2. The molecule has 0 bridgehead atoms. The maximum absolute atomic E-state index is 12.5. The van der Waals surface area contributed by atoms with Crippen LogP contribution in [0.2, 0.25) is 0 Å². The minimum Gasteiger partial charge on any atom is -0.374 e. The van der Waals surface area contributed by atoms with Crippen LogP contribution >= 0.6 is 11.3 Å². The predicted octanol–water partition coefficient (Wildman–Crippen LogP) is 1.25. The van der Waals surface area contributed by atoms with E-state index < -0.39 is 0 Å². The Kier molecular flexibility index (Phi) is 4.18. The quantitative estimate of drug-likeness (QED) is 0.728. The lowest BCUT2D eigenvalue weighted by Gasteiger charge is -2.31. The van der Waals surface area contributed by atoms with Gasteiger partial charge in [0.15, 0.2) is 5.65 Å². The van der Waals surface area contributed by atoms with Crippen molar-refractivity contribution in [3.63, 3.8) is 0 Å². The van der Waals surface area contributed by atoms with Crippen molar-refractivity contribution in [1.29, 1.82) is 0 Å². The highest BCUT2D eigenvalue weighted by atomic mass is 32.1. The molecule has 3 N–H and O–H groups in total. The number of carbonyl (C=O) groups excluding carboxylic acids is 1. The van der Waals surface area contributed by atoms with Gasteiger partial charge in [0.05, 0.1) is 6.54 Å². The molecular weight excluding hydrogens is 340 g/mol. The van der Waals surface area contributed by atoms with Gasteiger partial charge in [-0.05, 0) is 25.0 Å². The van der Waals surface area contributed by atoms with E-state index in [2.05, 4.69) is 25.7 Å². The van der Waals surface area contributed by atoms with E-state index in [0.717, 1.165) is 30.9 Å². The van der Waals surface area contributed by atoms with E-state index >= 15 is 0 Å². The first-order valence-corrected chi connectivity index (χ1v) is 8.92. The number of nitrogens with zero attached hydrogens (tertiary/aromatic N) is 6. The van der Waals surface area contributed by atoms with Gasteiger partial charge in [0.1, 0.15) is 10.8 Å². The number of aromatic nitrogens is 5. The fourth-order valence-electron chi connectivity index (χ4n) is 3.11. The number of piperidine rings is 1. The molecule has 0 aliphatic carbocycles. The number of urea groups is 1. The first kappa shape index (κ1) is 15.8. The largest absolute Gasteiger partial charge is 0.374 e. The lowest BCUT2D eigenvalue weighted by Crippen LogP contribution is -2.45. The third-order valence-corrected chi connectivity index (χ3v) is 5.04. The zero-order valence-electron chi connectivity index (χ0n) is 13.5. The van der Waals surface area contributed by atoms with Crippen LogP contribution in [-0.4, -0.2) is 48.8 Å². The number of likely N-dealkylation sites (tertiary alicyclic amines) is 1. The molecule has 0 aromatic carbocycles. The summed E-state index contributed by atoms with van der Waals surface area (Å²) in [7, 11) is 0. The Labute approximate surface area is 147 Å². The van der Waals surface area contributed by atoms with Crippen molar-refractivity contribution in [3.8, 4) is 0 Å².